The van der Waals surface area contributed by atoms with Crippen LogP contribution in [-0.4, -0.2) is 119 Å². The molecule has 2 saturated heterocycles. The van der Waals surface area contributed by atoms with Crippen molar-refractivity contribution in [2.24, 2.45) is 0 Å². The van der Waals surface area contributed by atoms with Crippen LogP contribution in [0, 0.1) is 0 Å². The number of carbonyl (C=O) groups is 2. The van der Waals surface area contributed by atoms with Crippen LogP contribution in [0.5, 0.6) is 11.5 Å². The van der Waals surface area contributed by atoms with Gasteiger partial charge in [0.1, 0.15) is 22.7 Å². The van der Waals surface area contributed by atoms with Gasteiger partial charge in [-0.25, -0.2) is 14.6 Å². The fourth-order valence-electron chi connectivity index (χ4n) is 5.38. The molecule has 1 aromatic heterocycles. The lowest BCUT2D eigenvalue weighted by Crippen LogP contribution is -2.49. The molecule has 0 aliphatic carbocycles. The van der Waals surface area contributed by atoms with Gasteiger partial charge in [-0.2, -0.15) is 0 Å². The van der Waals surface area contributed by atoms with E-state index in [0.717, 1.165) is 53.0 Å². The summed E-state index contributed by atoms with van der Waals surface area (Å²) in [5.74, 6) is 1.27. The van der Waals surface area contributed by atoms with Gasteiger partial charge in [0, 0.05) is 97.9 Å². The Hall–Kier alpha value is -3.11. The van der Waals surface area contributed by atoms with Crippen LogP contribution in [-0.2, 0) is 22.6 Å². The zero-order valence-electron chi connectivity index (χ0n) is 35.2. The van der Waals surface area contributed by atoms with Crippen molar-refractivity contribution in [3.05, 3.63) is 75.2 Å². The molecule has 15 heteroatoms. The molecule has 5 rings (SSSR count). The van der Waals surface area contributed by atoms with Gasteiger partial charge in [-0.1, -0.05) is 64.8 Å². The van der Waals surface area contributed by atoms with Crippen LogP contribution in [0.15, 0.2) is 64.1 Å². The first-order valence-electron chi connectivity index (χ1n) is 19.2. The number of nitrogens with zero attached hydrogens (tertiary/aromatic N) is 5. The highest BCUT2D eigenvalue weighted by atomic mass is 79.9. The van der Waals surface area contributed by atoms with Crippen LogP contribution in [0.4, 0.5) is 9.59 Å². The van der Waals surface area contributed by atoms with Gasteiger partial charge < -0.3 is 33.8 Å². The topological polar surface area (TPSA) is 124 Å². The summed E-state index contributed by atoms with van der Waals surface area (Å²) in [7, 11) is -1.92. The number of hydrogen-bond donors (Lipinski definition) is 2. The number of H-pyrrole nitrogens is 1. The number of halogens is 2. The summed E-state index contributed by atoms with van der Waals surface area (Å²) >= 11 is 6.93. The molecule has 2 aromatic carbocycles. The second-order valence-electron chi connectivity index (χ2n) is 17.6. The van der Waals surface area contributed by atoms with E-state index >= 15 is 0 Å². The van der Waals surface area contributed by atoms with Gasteiger partial charge in [0.25, 0.3) is 0 Å². The van der Waals surface area contributed by atoms with E-state index in [-0.39, 0.29) is 17.2 Å². The molecule has 2 N–H and O–H groups in total. The number of hydrogen-bond acceptors (Lipinski definition) is 9. The van der Waals surface area contributed by atoms with E-state index in [2.05, 4.69) is 104 Å². The summed E-state index contributed by atoms with van der Waals surface area (Å²) in [5, 5.41) is 10.1. The monoisotopic (exact) mass is 922 g/mol. The zero-order valence-corrected chi connectivity index (χ0v) is 39.4. The number of phenols is 1. The molecule has 0 atom stereocenters. The van der Waals surface area contributed by atoms with Gasteiger partial charge in [-0.3, -0.25) is 9.80 Å². The fraction of sp³-hybridized carbons (Fsp3) is 0.585. The number of ether oxygens (including phenoxy) is 2. The van der Waals surface area contributed by atoms with E-state index in [0.29, 0.717) is 38.5 Å². The largest absolute Gasteiger partial charge is 0.543 e. The normalized spacial score (nSPS) is 15.9. The Morgan fingerprint density at radius 2 is 1.18 bits per heavy atom. The lowest BCUT2D eigenvalue weighted by atomic mass is 10.1. The maximum Gasteiger partial charge on any atom is 0.410 e. The summed E-state index contributed by atoms with van der Waals surface area (Å²) in [6.45, 7) is 30.0. The Kier molecular flexibility index (Phi) is 17.3. The average molecular weight is 925 g/mol. The highest BCUT2D eigenvalue weighted by Gasteiger charge is 2.39. The standard InChI is InChI=1S/C22H37BrN2O3Si.C16H23BrN2O3.C3H4N2/c1-21(2,3)27-20(26)25-13-11-24(12-14-25)16-17-9-10-18(23)15-19(17)28-29(7,8)22(4,5)6;1-16(2,3)22-15(21)19-8-6-18(7-9-19)11-12-4-5-13(17)10-14(12)20;1-2-5-3-4-1/h9-10,15H,11-14,16H2,1-8H3;4-5,10,20H,6-9,11H2,1-3H3;1-3H,(H,4,5). The van der Waals surface area contributed by atoms with E-state index in [1.807, 2.05) is 53.7 Å². The Labute approximate surface area is 352 Å². The SMILES string of the molecule is CC(C)(C)OC(=O)N1CCN(Cc2ccc(Br)cc2O)CC1.CC(C)(C)OC(=O)N1CCN(Cc2ccc(Br)cc2O[Si](C)(C)C(C)(C)C)CC1.c1c[nH]cn1. The molecular formula is C41H64Br2N6O6Si. The molecule has 0 unspecified atom stereocenters. The molecule has 2 aliphatic heterocycles. The molecule has 0 spiro atoms. The number of amides is 2. The van der Waals surface area contributed by atoms with Crippen molar-refractivity contribution in [1.82, 2.24) is 29.6 Å². The quantitative estimate of drug-likeness (QED) is 0.233. The number of piperazine rings is 2. The number of imidazole rings is 1. The van der Waals surface area contributed by atoms with Gasteiger partial charge in [0.2, 0.25) is 8.32 Å². The molecule has 3 aromatic rings. The first-order chi connectivity index (χ1) is 25.9. The zero-order chi connectivity index (χ0) is 41.9. The second-order valence-corrected chi connectivity index (χ2v) is 24.2. The van der Waals surface area contributed by atoms with Gasteiger partial charge >= 0.3 is 12.2 Å². The van der Waals surface area contributed by atoms with Gasteiger partial charge in [0.15, 0.2) is 0 Å². The first kappa shape index (κ1) is 47.3. The molecule has 2 fully saturated rings. The molecule has 2 aliphatic rings. The predicted molar refractivity (Wildman–Crippen MR) is 233 cm³/mol. The van der Waals surface area contributed by atoms with Gasteiger partial charge in [-0.15, -0.1) is 0 Å². The molecule has 0 radical (unpaired) electrons. The van der Waals surface area contributed by atoms with Crippen molar-refractivity contribution in [1.29, 1.82) is 0 Å². The highest BCUT2D eigenvalue weighted by molar-refractivity contribution is 9.10. The van der Waals surface area contributed by atoms with Crippen molar-refractivity contribution in [3.63, 3.8) is 0 Å². The maximum atomic E-state index is 12.3. The predicted octanol–water partition coefficient (Wildman–Crippen LogP) is 9.50. The lowest BCUT2D eigenvalue weighted by Gasteiger charge is -2.38. The number of aromatic hydroxyl groups is 1. The van der Waals surface area contributed by atoms with Gasteiger partial charge in [0.05, 0.1) is 6.33 Å². The molecule has 12 nitrogen and oxygen atoms in total. The number of nitrogens with one attached hydrogen (secondary N) is 1. The summed E-state index contributed by atoms with van der Waals surface area (Å²) in [5.41, 5.74) is 1.18. The third-order valence-corrected chi connectivity index (χ3v) is 14.8. The van der Waals surface area contributed by atoms with Crippen molar-refractivity contribution < 1.29 is 28.6 Å². The number of rotatable bonds is 6. The van der Waals surface area contributed by atoms with Crippen molar-refractivity contribution in [2.45, 2.75) is 105 Å². The number of benzene rings is 2. The van der Waals surface area contributed by atoms with Crippen LogP contribution in [0.3, 0.4) is 0 Å². The van der Waals surface area contributed by atoms with E-state index in [1.54, 1.807) is 34.6 Å². The Morgan fingerprint density at radius 3 is 1.55 bits per heavy atom. The summed E-state index contributed by atoms with van der Waals surface area (Å²) in [6.07, 6.45) is 4.61. The number of phenolic OH excluding ortho intramolecular Hbond substituents is 1. The van der Waals surface area contributed by atoms with Crippen LogP contribution in [0.25, 0.3) is 0 Å². The summed E-state index contributed by atoms with van der Waals surface area (Å²) < 4.78 is 19.4. The third kappa shape index (κ3) is 16.4. The molecular weight excluding hydrogens is 860 g/mol. The maximum absolute atomic E-state index is 12.3. The van der Waals surface area contributed by atoms with Crippen molar-refractivity contribution in [3.8, 4) is 11.5 Å². The minimum atomic E-state index is -1.92. The van der Waals surface area contributed by atoms with E-state index in [1.165, 1.54) is 5.56 Å². The Bertz CT molecular complexity index is 1660. The summed E-state index contributed by atoms with van der Waals surface area (Å²) in [6, 6.07) is 11.8. The third-order valence-electron chi connectivity index (χ3n) is 9.49. The van der Waals surface area contributed by atoms with Crippen LogP contribution in [0.1, 0.15) is 73.4 Å². The molecule has 0 bridgehead atoms. The van der Waals surface area contributed by atoms with E-state index in [9.17, 15) is 14.7 Å². The minimum Gasteiger partial charge on any atom is -0.543 e. The molecule has 56 heavy (non-hydrogen) atoms. The van der Waals surface area contributed by atoms with Crippen molar-refractivity contribution >= 4 is 52.4 Å². The molecule has 312 valence electrons. The average Bonchev–Trinajstić information content (AvgIpc) is 3.67. The van der Waals surface area contributed by atoms with E-state index in [4.69, 9.17) is 13.9 Å². The van der Waals surface area contributed by atoms with Crippen LogP contribution < -0.4 is 4.43 Å². The summed E-state index contributed by atoms with van der Waals surface area (Å²) in [4.78, 5) is 38.9. The smallest absolute Gasteiger partial charge is 0.410 e. The number of aromatic amines is 1. The molecule has 2 amide bonds. The lowest BCUT2D eigenvalue weighted by molar-refractivity contribution is 0.0129. The molecule has 3 heterocycles. The number of carbonyl (C=O) groups excluding carboxylic acids is 2. The highest BCUT2D eigenvalue weighted by Crippen LogP contribution is 2.39. The second kappa shape index (κ2) is 20.5. The fourth-order valence-corrected chi connectivity index (χ4v) is 7.11. The first-order valence-corrected chi connectivity index (χ1v) is 23.7. The molecule has 0 saturated carbocycles. The van der Waals surface area contributed by atoms with Crippen molar-refractivity contribution in [2.75, 3.05) is 52.4 Å². The minimum absolute atomic E-state index is 0.144. The van der Waals surface area contributed by atoms with Crippen LogP contribution >= 0.6 is 31.9 Å². The van der Waals surface area contributed by atoms with Gasteiger partial charge in [-0.05, 0) is 83.9 Å². The number of aromatic nitrogens is 2. The van der Waals surface area contributed by atoms with E-state index < -0.39 is 19.5 Å². The Balaban J connectivity index is 0.000000273. The van der Waals surface area contributed by atoms with Crippen LogP contribution in [0.2, 0.25) is 18.1 Å². The Morgan fingerprint density at radius 1 is 0.732 bits per heavy atom.